The van der Waals surface area contributed by atoms with Gasteiger partial charge in [-0.15, -0.1) is 0 Å². The summed E-state index contributed by atoms with van der Waals surface area (Å²) in [4.78, 5) is 23.4. The number of methoxy groups -OCH3 is 1. The fourth-order valence-corrected chi connectivity index (χ4v) is 2.20. The summed E-state index contributed by atoms with van der Waals surface area (Å²) in [6, 6.07) is 12.0. The van der Waals surface area contributed by atoms with E-state index < -0.39 is 5.91 Å². The number of nitrogens with two attached hydrogens (primary N) is 1. The van der Waals surface area contributed by atoms with Crippen molar-refractivity contribution < 1.29 is 19.1 Å². The average Bonchev–Trinajstić information content (AvgIpc) is 2.65. The molecule has 0 heterocycles. The molecule has 0 bridgehead atoms. The predicted molar refractivity (Wildman–Crippen MR) is 101 cm³/mol. The van der Waals surface area contributed by atoms with E-state index in [1.807, 2.05) is 31.2 Å². The molecule has 0 aliphatic rings. The van der Waals surface area contributed by atoms with Crippen molar-refractivity contribution in [2.24, 2.45) is 5.73 Å². The number of benzene rings is 2. The smallest absolute Gasteiger partial charge is 0.248 e. The van der Waals surface area contributed by atoms with Crippen LogP contribution in [0.25, 0.3) is 6.08 Å². The molecule has 3 N–H and O–H groups in total. The second kappa shape index (κ2) is 9.27. The van der Waals surface area contributed by atoms with E-state index in [0.717, 1.165) is 17.7 Å². The maximum atomic E-state index is 12.1. The van der Waals surface area contributed by atoms with Gasteiger partial charge in [-0.3, -0.25) is 9.59 Å². The number of carbonyl (C=O) groups excluding carboxylic acids is 2. The Labute approximate surface area is 152 Å². The minimum Gasteiger partial charge on any atom is -0.495 e. The Morgan fingerprint density at radius 2 is 1.88 bits per heavy atom. The quantitative estimate of drug-likeness (QED) is 0.712. The lowest BCUT2D eigenvalue weighted by molar-refractivity contribution is -0.111. The van der Waals surface area contributed by atoms with Crippen LogP contribution in [0.4, 0.5) is 5.69 Å². The normalized spacial score (nSPS) is 10.5. The van der Waals surface area contributed by atoms with Crippen LogP contribution in [0.3, 0.4) is 0 Å². The lowest BCUT2D eigenvalue weighted by Gasteiger charge is -2.10. The Morgan fingerprint density at radius 1 is 1.15 bits per heavy atom. The molecule has 2 aromatic rings. The number of nitrogens with one attached hydrogen (secondary N) is 1. The molecule has 0 aromatic heterocycles. The highest BCUT2D eigenvalue weighted by Gasteiger charge is 2.09. The van der Waals surface area contributed by atoms with Crippen LogP contribution in [0, 0.1) is 0 Å². The van der Waals surface area contributed by atoms with E-state index in [4.69, 9.17) is 15.2 Å². The molecule has 0 aliphatic carbocycles. The van der Waals surface area contributed by atoms with E-state index in [9.17, 15) is 9.59 Å². The Hall–Kier alpha value is -3.28. The van der Waals surface area contributed by atoms with Gasteiger partial charge in [0.2, 0.25) is 11.8 Å². The van der Waals surface area contributed by atoms with Crippen LogP contribution in [0.1, 0.15) is 29.3 Å². The molecule has 0 fully saturated rings. The number of ether oxygens (including phenoxy) is 2. The van der Waals surface area contributed by atoms with Gasteiger partial charge in [0.25, 0.3) is 0 Å². The van der Waals surface area contributed by atoms with Crippen molar-refractivity contribution in [3.63, 3.8) is 0 Å². The molecular weight excluding hydrogens is 332 g/mol. The second-order valence-electron chi connectivity index (χ2n) is 5.52. The molecule has 6 nitrogen and oxygen atoms in total. The van der Waals surface area contributed by atoms with Gasteiger partial charge in [-0.1, -0.05) is 19.1 Å². The van der Waals surface area contributed by atoms with Crippen molar-refractivity contribution in [2.45, 2.75) is 13.3 Å². The van der Waals surface area contributed by atoms with Crippen LogP contribution in [0.2, 0.25) is 0 Å². The molecule has 0 saturated heterocycles. The van der Waals surface area contributed by atoms with Gasteiger partial charge in [0.05, 0.1) is 19.4 Å². The summed E-state index contributed by atoms with van der Waals surface area (Å²) in [5.41, 5.74) is 6.79. The fraction of sp³-hybridized carbons (Fsp3) is 0.200. The van der Waals surface area contributed by atoms with Crippen LogP contribution >= 0.6 is 0 Å². The number of hydrogen-bond donors (Lipinski definition) is 2. The van der Waals surface area contributed by atoms with E-state index in [2.05, 4.69) is 5.32 Å². The highest BCUT2D eigenvalue weighted by molar-refractivity contribution is 6.04. The molecule has 0 radical (unpaired) electrons. The Balaban J connectivity index is 2.05. The monoisotopic (exact) mass is 354 g/mol. The van der Waals surface area contributed by atoms with Gasteiger partial charge in [-0.25, -0.2) is 0 Å². The van der Waals surface area contributed by atoms with Gasteiger partial charge < -0.3 is 20.5 Å². The summed E-state index contributed by atoms with van der Waals surface area (Å²) in [6.07, 6.45) is 4.03. The van der Waals surface area contributed by atoms with Gasteiger partial charge in [0.15, 0.2) is 0 Å². The van der Waals surface area contributed by atoms with E-state index >= 15 is 0 Å². The molecule has 136 valence electrons. The molecule has 0 atom stereocenters. The molecule has 2 rings (SSSR count). The first kappa shape index (κ1) is 19.1. The van der Waals surface area contributed by atoms with Crippen molar-refractivity contribution >= 4 is 23.6 Å². The summed E-state index contributed by atoms with van der Waals surface area (Å²) < 4.78 is 10.7. The molecule has 2 amide bonds. The first-order valence-corrected chi connectivity index (χ1v) is 8.23. The largest absolute Gasteiger partial charge is 0.495 e. The molecular formula is C20H22N2O4. The lowest BCUT2D eigenvalue weighted by atomic mass is 10.1. The zero-order chi connectivity index (χ0) is 18.9. The second-order valence-corrected chi connectivity index (χ2v) is 5.52. The first-order valence-electron chi connectivity index (χ1n) is 8.23. The average molecular weight is 354 g/mol. The molecule has 0 saturated carbocycles. The minimum atomic E-state index is -0.580. The maximum absolute atomic E-state index is 12.1. The Morgan fingerprint density at radius 3 is 2.50 bits per heavy atom. The maximum Gasteiger partial charge on any atom is 0.248 e. The minimum absolute atomic E-state index is 0.285. The van der Waals surface area contributed by atoms with Crippen molar-refractivity contribution in [1.82, 2.24) is 0 Å². The zero-order valence-corrected chi connectivity index (χ0v) is 14.8. The predicted octanol–water partition coefficient (Wildman–Crippen LogP) is 3.23. The number of hydrogen-bond acceptors (Lipinski definition) is 4. The van der Waals surface area contributed by atoms with Gasteiger partial charge >= 0.3 is 0 Å². The third-order valence-corrected chi connectivity index (χ3v) is 3.52. The van der Waals surface area contributed by atoms with Gasteiger partial charge in [0.1, 0.15) is 11.5 Å². The summed E-state index contributed by atoms with van der Waals surface area (Å²) in [5, 5.41) is 2.68. The van der Waals surface area contributed by atoms with E-state index in [1.54, 1.807) is 12.1 Å². The third kappa shape index (κ3) is 5.37. The molecule has 2 aromatic carbocycles. The van der Waals surface area contributed by atoms with Crippen LogP contribution < -0.4 is 20.5 Å². The lowest BCUT2D eigenvalue weighted by Crippen LogP contribution is -2.13. The van der Waals surface area contributed by atoms with Gasteiger partial charge in [-0.2, -0.15) is 0 Å². The van der Waals surface area contributed by atoms with Gasteiger partial charge in [-0.05, 0) is 48.4 Å². The summed E-state index contributed by atoms with van der Waals surface area (Å²) in [6.45, 7) is 2.72. The fourth-order valence-electron chi connectivity index (χ4n) is 2.20. The number of anilines is 1. The molecule has 6 heteroatoms. The summed E-state index contributed by atoms with van der Waals surface area (Å²) >= 11 is 0. The summed E-state index contributed by atoms with van der Waals surface area (Å²) in [7, 11) is 1.48. The van der Waals surface area contributed by atoms with E-state index in [-0.39, 0.29) is 11.5 Å². The third-order valence-electron chi connectivity index (χ3n) is 3.52. The van der Waals surface area contributed by atoms with Crippen molar-refractivity contribution in [3.8, 4) is 11.5 Å². The highest BCUT2D eigenvalue weighted by atomic mass is 16.5. The number of rotatable bonds is 8. The number of amides is 2. The Kier molecular flexibility index (Phi) is 6.79. The topological polar surface area (TPSA) is 90.6 Å². The molecule has 0 spiro atoms. The van der Waals surface area contributed by atoms with Crippen LogP contribution in [0.15, 0.2) is 48.5 Å². The van der Waals surface area contributed by atoms with Crippen molar-refractivity contribution in [1.29, 1.82) is 0 Å². The Bertz CT molecular complexity index is 798. The van der Waals surface area contributed by atoms with E-state index in [0.29, 0.717) is 18.0 Å². The number of primary amides is 1. The van der Waals surface area contributed by atoms with Crippen LogP contribution in [-0.2, 0) is 4.79 Å². The summed E-state index contributed by atoms with van der Waals surface area (Å²) in [5.74, 6) is 0.302. The SMILES string of the molecule is CCCOc1ccc(/C=C/C(=O)Nc2cc(C(N)=O)ccc2OC)cc1. The van der Waals surface area contributed by atoms with E-state index in [1.165, 1.54) is 25.3 Å². The van der Waals surface area contributed by atoms with Crippen LogP contribution in [0.5, 0.6) is 11.5 Å². The van der Waals surface area contributed by atoms with Crippen LogP contribution in [-0.4, -0.2) is 25.5 Å². The number of carbonyl (C=O) groups is 2. The molecule has 0 unspecified atom stereocenters. The standard InChI is InChI=1S/C20H22N2O4/c1-3-12-26-16-8-4-14(5-9-16)6-11-19(23)22-17-13-15(20(21)24)7-10-18(17)25-2/h4-11,13H,3,12H2,1-2H3,(H2,21,24)(H,22,23)/b11-6+. The van der Waals surface area contributed by atoms with Gasteiger partial charge in [0, 0.05) is 11.6 Å². The molecule has 0 aliphatic heterocycles. The van der Waals surface area contributed by atoms with Crippen molar-refractivity contribution in [3.05, 3.63) is 59.7 Å². The zero-order valence-electron chi connectivity index (χ0n) is 14.8. The first-order chi connectivity index (χ1) is 12.5. The molecule has 26 heavy (non-hydrogen) atoms. The van der Waals surface area contributed by atoms with Crippen molar-refractivity contribution in [2.75, 3.05) is 19.0 Å². The highest BCUT2D eigenvalue weighted by Crippen LogP contribution is 2.25.